The van der Waals surface area contributed by atoms with E-state index < -0.39 is 0 Å². The highest BCUT2D eigenvalue weighted by Crippen LogP contribution is 2.24. The zero-order valence-electron chi connectivity index (χ0n) is 9.58. The molecule has 1 amide bonds. The van der Waals surface area contributed by atoms with Crippen LogP contribution in [-0.2, 0) is 4.79 Å². The summed E-state index contributed by atoms with van der Waals surface area (Å²) in [4.78, 5) is 11.0. The van der Waals surface area contributed by atoms with Crippen LogP contribution < -0.4 is 10.1 Å². The minimum atomic E-state index is -0.201. The molecule has 1 aromatic carbocycles. The average molecular weight is 276 g/mol. The molecule has 0 fully saturated rings. The zero-order valence-corrected chi connectivity index (χ0v) is 11.1. The van der Waals surface area contributed by atoms with Crippen LogP contribution >= 0.6 is 23.2 Å². The summed E-state index contributed by atoms with van der Waals surface area (Å²) in [5.74, 6) is 0.386. The topological polar surface area (TPSA) is 38.3 Å². The lowest BCUT2D eigenvalue weighted by atomic mass is 10.2. The summed E-state index contributed by atoms with van der Waals surface area (Å²) >= 11 is 11.4. The number of hydrogen-bond donors (Lipinski definition) is 1. The van der Waals surface area contributed by atoms with Crippen molar-refractivity contribution in [1.29, 1.82) is 0 Å². The molecule has 94 valence electrons. The number of carbonyl (C=O) groups excluding carboxylic acids is 1. The zero-order chi connectivity index (χ0) is 12.7. The molecule has 1 atom stereocenters. The first-order valence-corrected chi connectivity index (χ1v) is 6.32. The molecule has 1 unspecified atom stereocenters. The number of ether oxygens (including phenoxy) is 1. The van der Waals surface area contributed by atoms with Crippen molar-refractivity contribution < 1.29 is 9.53 Å². The fraction of sp³-hybridized carbons (Fsp3) is 0.417. The first kappa shape index (κ1) is 14.1. The van der Waals surface area contributed by atoms with E-state index >= 15 is 0 Å². The van der Waals surface area contributed by atoms with Gasteiger partial charge >= 0.3 is 0 Å². The van der Waals surface area contributed by atoms with E-state index in [2.05, 4.69) is 5.32 Å². The standard InChI is InChI=1S/C12H15Cl2NO2/c1-2-9(8-15-12(16)7-13)17-11-6-4-3-5-10(11)14/h3-6,9H,2,7-8H2,1H3,(H,15,16). The van der Waals surface area contributed by atoms with Crippen molar-refractivity contribution in [2.24, 2.45) is 0 Å². The van der Waals surface area contributed by atoms with E-state index in [1.807, 2.05) is 19.1 Å². The van der Waals surface area contributed by atoms with Crippen LogP contribution in [0.25, 0.3) is 0 Å². The summed E-state index contributed by atoms with van der Waals surface area (Å²) in [7, 11) is 0. The molecule has 0 saturated carbocycles. The summed E-state index contributed by atoms with van der Waals surface area (Å²) in [6, 6.07) is 7.26. The van der Waals surface area contributed by atoms with Gasteiger partial charge in [0.05, 0.1) is 11.6 Å². The molecule has 0 aliphatic rings. The molecule has 1 rings (SSSR count). The molecule has 0 saturated heterocycles. The number of nitrogens with one attached hydrogen (secondary N) is 1. The summed E-state index contributed by atoms with van der Waals surface area (Å²) in [5.41, 5.74) is 0. The van der Waals surface area contributed by atoms with Gasteiger partial charge in [-0.2, -0.15) is 0 Å². The molecular formula is C12H15Cl2NO2. The van der Waals surface area contributed by atoms with Gasteiger partial charge in [0.1, 0.15) is 17.7 Å². The number of para-hydroxylation sites is 1. The minimum Gasteiger partial charge on any atom is -0.487 e. The molecular weight excluding hydrogens is 261 g/mol. The lowest BCUT2D eigenvalue weighted by Gasteiger charge is -2.18. The monoisotopic (exact) mass is 275 g/mol. The van der Waals surface area contributed by atoms with Gasteiger partial charge in [-0.05, 0) is 18.6 Å². The number of amides is 1. The Labute approximate surface area is 111 Å². The van der Waals surface area contributed by atoms with Gasteiger partial charge in [-0.3, -0.25) is 4.79 Å². The third-order valence-electron chi connectivity index (χ3n) is 2.23. The van der Waals surface area contributed by atoms with Crippen molar-refractivity contribution in [1.82, 2.24) is 5.32 Å². The second-order valence-corrected chi connectivity index (χ2v) is 4.19. The second-order valence-electron chi connectivity index (χ2n) is 3.52. The highest BCUT2D eigenvalue weighted by Gasteiger charge is 2.11. The highest BCUT2D eigenvalue weighted by molar-refractivity contribution is 6.32. The molecule has 3 nitrogen and oxygen atoms in total. The van der Waals surface area contributed by atoms with Crippen LogP contribution in [0, 0.1) is 0 Å². The fourth-order valence-electron chi connectivity index (χ4n) is 1.26. The Hall–Kier alpha value is -0.930. The highest BCUT2D eigenvalue weighted by atomic mass is 35.5. The van der Waals surface area contributed by atoms with Gasteiger partial charge < -0.3 is 10.1 Å². The maximum Gasteiger partial charge on any atom is 0.235 e. The van der Waals surface area contributed by atoms with Crippen LogP contribution in [0.3, 0.4) is 0 Å². The largest absolute Gasteiger partial charge is 0.487 e. The third-order valence-corrected chi connectivity index (χ3v) is 2.79. The SMILES string of the molecule is CCC(CNC(=O)CCl)Oc1ccccc1Cl. The molecule has 1 N–H and O–H groups in total. The predicted octanol–water partition coefficient (Wildman–Crippen LogP) is 2.85. The van der Waals surface area contributed by atoms with Gasteiger partial charge in [0.25, 0.3) is 0 Å². The van der Waals surface area contributed by atoms with Crippen molar-refractivity contribution >= 4 is 29.1 Å². The van der Waals surface area contributed by atoms with Crippen LogP contribution in [-0.4, -0.2) is 24.4 Å². The van der Waals surface area contributed by atoms with Gasteiger partial charge in [-0.1, -0.05) is 30.7 Å². The van der Waals surface area contributed by atoms with E-state index in [-0.39, 0.29) is 17.9 Å². The van der Waals surface area contributed by atoms with Crippen molar-refractivity contribution in [3.05, 3.63) is 29.3 Å². The van der Waals surface area contributed by atoms with Crippen molar-refractivity contribution in [2.45, 2.75) is 19.4 Å². The van der Waals surface area contributed by atoms with E-state index in [4.69, 9.17) is 27.9 Å². The Morgan fingerprint density at radius 1 is 1.47 bits per heavy atom. The van der Waals surface area contributed by atoms with E-state index in [9.17, 15) is 4.79 Å². The normalized spacial score (nSPS) is 11.9. The van der Waals surface area contributed by atoms with Gasteiger partial charge in [-0.15, -0.1) is 11.6 Å². The van der Waals surface area contributed by atoms with Crippen LogP contribution in [0.5, 0.6) is 5.75 Å². The quantitative estimate of drug-likeness (QED) is 0.811. The van der Waals surface area contributed by atoms with Crippen LogP contribution in [0.2, 0.25) is 5.02 Å². The second kappa shape index (κ2) is 7.41. The van der Waals surface area contributed by atoms with Gasteiger partial charge in [0.15, 0.2) is 0 Å². The van der Waals surface area contributed by atoms with E-state index in [0.717, 1.165) is 6.42 Å². The number of rotatable bonds is 6. The Balaban J connectivity index is 2.52. The molecule has 17 heavy (non-hydrogen) atoms. The first-order chi connectivity index (χ1) is 8.17. The molecule has 0 bridgehead atoms. The lowest BCUT2D eigenvalue weighted by Crippen LogP contribution is -2.35. The summed E-state index contributed by atoms with van der Waals surface area (Å²) in [6.07, 6.45) is 0.662. The molecule has 0 aliphatic heterocycles. The van der Waals surface area contributed by atoms with Gasteiger partial charge in [-0.25, -0.2) is 0 Å². The molecule has 0 heterocycles. The first-order valence-electron chi connectivity index (χ1n) is 5.41. The summed E-state index contributed by atoms with van der Waals surface area (Å²) in [6.45, 7) is 2.40. The molecule has 0 aliphatic carbocycles. The summed E-state index contributed by atoms with van der Waals surface area (Å²) in [5, 5.41) is 3.25. The molecule has 1 aromatic rings. The van der Waals surface area contributed by atoms with Crippen molar-refractivity contribution in [3.8, 4) is 5.75 Å². The number of carbonyl (C=O) groups is 1. The van der Waals surface area contributed by atoms with Crippen molar-refractivity contribution in [3.63, 3.8) is 0 Å². The maximum atomic E-state index is 11.0. The number of alkyl halides is 1. The Bertz CT molecular complexity index is 371. The Morgan fingerprint density at radius 2 is 2.18 bits per heavy atom. The van der Waals surface area contributed by atoms with Crippen LogP contribution in [0.1, 0.15) is 13.3 Å². The molecule has 0 spiro atoms. The maximum absolute atomic E-state index is 11.0. The van der Waals surface area contributed by atoms with E-state index in [1.165, 1.54) is 0 Å². The number of benzene rings is 1. The molecule has 0 aromatic heterocycles. The summed E-state index contributed by atoms with van der Waals surface area (Å²) < 4.78 is 5.70. The van der Waals surface area contributed by atoms with E-state index in [1.54, 1.807) is 12.1 Å². The molecule has 5 heteroatoms. The Kier molecular flexibility index (Phi) is 6.16. The number of halogens is 2. The minimum absolute atomic E-state index is 0.0392. The van der Waals surface area contributed by atoms with Gasteiger partial charge in [0, 0.05) is 0 Å². The van der Waals surface area contributed by atoms with Crippen LogP contribution in [0.15, 0.2) is 24.3 Å². The van der Waals surface area contributed by atoms with Crippen LogP contribution in [0.4, 0.5) is 0 Å². The Morgan fingerprint density at radius 3 is 2.76 bits per heavy atom. The molecule has 0 radical (unpaired) electrons. The van der Waals surface area contributed by atoms with Crippen molar-refractivity contribution in [2.75, 3.05) is 12.4 Å². The lowest BCUT2D eigenvalue weighted by molar-refractivity contribution is -0.119. The number of hydrogen-bond acceptors (Lipinski definition) is 2. The van der Waals surface area contributed by atoms with E-state index in [0.29, 0.717) is 17.3 Å². The predicted molar refractivity (Wildman–Crippen MR) is 69.9 cm³/mol. The third kappa shape index (κ3) is 4.84. The van der Waals surface area contributed by atoms with Gasteiger partial charge in [0.2, 0.25) is 5.91 Å². The smallest absolute Gasteiger partial charge is 0.235 e. The average Bonchev–Trinajstić information content (AvgIpc) is 2.36. The fourth-order valence-corrected chi connectivity index (χ4v) is 1.54.